The molecule has 0 aliphatic heterocycles. The summed E-state index contributed by atoms with van der Waals surface area (Å²) in [6, 6.07) is 11.5. The van der Waals surface area contributed by atoms with Gasteiger partial charge >= 0.3 is 0 Å². The first-order chi connectivity index (χ1) is 8.24. The molecule has 2 nitrogen and oxygen atoms in total. The molecule has 0 unspecified atom stereocenters. The third-order valence-corrected chi connectivity index (χ3v) is 2.29. The Hall–Kier alpha value is -2.41. The highest BCUT2D eigenvalue weighted by Gasteiger charge is 2.15. The van der Waals surface area contributed by atoms with Crippen LogP contribution >= 0.6 is 0 Å². The van der Waals surface area contributed by atoms with Crippen LogP contribution in [0.1, 0.15) is 0 Å². The van der Waals surface area contributed by atoms with Crippen LogP contribution in [0.3, 0.4) is 0 Å². The van der Waals surface area contributed by atoms with Gasteiger partial charge in [0.1, 0.15) is 11.6 Å². The Labute approximate surface area is 97.3 Å². The van der Waals surface area contributed by atoms with Crippen LogP contribution in [0.4, 0.5) is 20.2 Å². The number of benzene rings is 2. The minimum Gasteiger partial charge on any atom is -0.242 e. The van der Waals surface area contributed by atoms with Crippen LogP contribution in [-0.4, -0.2) is 0 Å². The van der Waals surface area contributed by atoms with Crippen LogP contribution in [0.2, 0.25) is 0 Å². The molecule has 0 atom stereocenters. The molecule has 2 aromatic carbocycles. The molecule has 0 N–H and O–H groups in total. The van der Waals surface area contributed by atoms with E-state index in [2.05, 4.69) is 0 Å². The molecule has 2 aromatic rings. The second kappa shape index (κ2) is 4.62. The van der Waals surface area contributed by atoms with Crippen molar-refractivity contribution in [2.75, 3.05) is 4.90 Å². The summed E-state index contributed by atoms with van der Waals surface area (Å²) in [6.45, 7) is 0. The van der Waals surface area contributed by atoms with Gasteiger partial charge in [-0.1, -0.05) is 24.3 Å². The van der Waals surface area contributed by atoms with Gasteiger partial charge in [-0.25, -0.2) is 13.7 Å². The van der Waals surface area contributed by atoms with E-state index in [1.165, 1.54) is 36.4 Å². The van der Waals surface area contributed by atoms with Gasteiger partial charge in [0.05, 0.1) is 11.4 Å². The fraction of sp³-hybridized carbons (Fsp3) is 0. The van der Waals surface area contributed by atoms with Crippen molar-refractivity contribution >= 4 is 11.4 Å². The lowest BCUT2D eigenvalue weighted by atomic mass is 10.2. The van der Waals surface area contributed by atoms with Crippen LogP contribution < -0.4 is 4.90 Å². The smallest absolute Gasteiger partial charge is 0.189 e. The summed E-state index contributed by atoms with van der Waals surface area (Å²) in [5.41, 5.74) is 0.0557. The number of rotatable bonds is 2. The lowest BCUT2D eigenvalue weighted by molar-refractivity contribution is 0.619. The predicted octanol–water partition coefficient (Wildman–Crippen LogP) is 3.58. The average molecular weight is 230 g/mol. The zero-order chi connectivity index (χ0) is 12.3. The predicted molar refractivity (Wildman–Crippen MR) is 60.6 cm³/mol. The first-order valence-electron chi connectivity index (χ1n) is 4.93. The van der Waals surface area contributed by atoms with E-state index in [1.54, 1.807) is 18.3 Å². The van der Waals surface area contributed by atoms with Crippen molar-refractivity contribution < 1.29 is 8.78 Å². The van der Waals surface area contributed by atoms with E-state index in [1.807, 2.05) is 0 Å². The number of halogens is 2. The lowest BCUT2D eigenvalue weighted by Crippen LogP contribution is -2.12. The van der Waals surface area contributed by atoms with Crippen LogP contribution in [0.5, 0.6) is 0 Å². The van der Waals surface area contributed by atoms with E-state index in [0.29, 0.717) is 0 Å². The zero-order valence-corrected chi connectivity index (χ0v) is 8.77. The molecule has 0 aliphatic rings. The number of hydrogen-bond donors (Lipinski definition) is 0. The molecule has 0 aliphatic carbocycles. The molecular formula is C13H8F2N2. The topological polar surface area (TPSA) is 27.0 Å². The first-order valence-corrected chi connectivity index (χ1v) is 4.93. The van der Waals surface area contributed by atoms with E-state index in [0.717, 1.165) is 4.90 Å². The van der Waals surface area contributed by atoms with Gasteiger partial charge in [0, 0.05) is 0 Å². The highest BCUT2D eigenvalue weighted by atomic mass is 19.1. The van der Waals surface area contributed by atoms with Gasteiger partial charge in [0.15, 0.2) is 6.19 Å². The lowest BCUT2D eigenvalue weighted by Gasteiger charge is -2.16. The van der Waals surface area contributed by atoms with Crippen LogP contribution in [0.15, 0.2) is 48.5 Å². The Morgan fingerprint density at radius 2 is 1.24 bits per heavy atom. The molecule has 0 saturated heterocycles. The third kappa shape index (κ3) is 2.08. The quantitative estimate of drug-likeness (QED) is 0.582. The van der Waals surface area contributed by atoms with Gasteiger partial charge < -0.3 is 0 Å². The summed E-state index contributed by atoms with van der Waals surface area (Å²) in [7, 11) is 0. The van der Waals surface area contributed by atoms with Gasteiger partial charge in [-0.3, -0.25) is 0 Å². The summed E-state index contributed by atoms with van der Waals surface area (Å²) in [5, 5.41) is 9.02. The molecule has 0 heterocycles. The molecule has 84 valence electrons. The van der Waals surface area contributed by atoms with Gasteiger partial charge in [0.25, 0.3) is 0 Å². The second-order valence-corrected chi connectivity index (χ2v) is 3.34. The van der Waals surface area contributed by atoms with Crippen LogP contribution in [0, 0.1) is 23.1 Å². The Bertz CT molecular complexity index is 530. The SMILES string of the molecule is N#CN(c1ccccc1F)c1ccccc1F. The normalized spacial score (nSPS) is 9.71. The van der Waals surface area contributed by atoms with Crippen molar-refractivity contribution in [1.82, 2.24) is 0 Å². The average Bonchev–Trinajstić information content (AvgIpc) is 2.34. The molecule has 0 bridgehead atoms. The summed E-state index contributed by atoms with van der Waals surface area (Å²) in [5.74, 6) is -1.14. The Morgan fingerprint density at radius 1 is 0.824 bits per heavy atom. The van der Waals surface area contributed by atoms with E-state index in [-0.39, 0.29) is 11.4 Å². The Balaban J connectivity index is 2.53. The second-order valence-electron chi connectivity index (χ2n) is 3.34. The minimum absolute atomic E-state index is 0.0279. The van der Waals surface area contributed by atoms with Crippen molar-refractivity contribution in [3.05, 3.63) is 60.2 Å². The van der Waals surface area contributed by atoms with Crippen LogP contribution in [0.25, 0.3) is 0 Å². The van der Waals surface area contributed by atoms with Crippen molar-refractivity contribution in [2.45, 2.75) is 0 Å². The largest absolute Gasteiger partial charge is 0.242 e. The molecule has 4 heteroatoms. The van der Waals surface area contributed by atoms with Gasteiger partial charge in [-0.15, -0.1) is 0 Å². The molecule has 0 spiro atoms. The number of para-hydroxylation sites is 2. The highest BCUT2D eigenvalue weighted by Crippen LogP contribution is 2.28. The van der Waals surface area contributed by atoms with Crippen molar-refractivity contribution in [3.8, 4) is 6.19 Å². The zero-order valence-electron chi connectivity index (χ0n) is 8.77. The number of hydrogen-bond acceptors (Lipinski definition) is 2. The summed E-state index contributed by atoms with van der Waals surface area (Å²) in [6.07, 6.45) is 1.77. The molecular weight excluding hydrogens is 222 g/mol. The maximum absolute atomic E-state index is 13.5. The van der Waals surface area contributed by atoms with Crippen LogP contribution in [-0.2, 0) is 0 Å². The Morgan fingerprint density at radius 3 is 1.59 bits per heavy atom. The number of anilines is 2. The number of nitriles is 1. The molecule has 2 rings (SSSR count). The standard InChI is InChI=1S/C13H8F2N2/c14-10-5-1-3-7-12(10)17(9-16)13-8-4-2-6-11(13)15/h1-8H. The van der Waals surface area contributed by atoms with E-state index < -0.39 is 11.6 Å². The van der Waals surface area contributed by atoms with Gasteiger partial charge in [-0.05, 0) is 24.3 Å². The van der Waals surface area contributed by atoms with Crippen molar-refractivity contribution in [1.29, 1.82) is 5.26 Å². The maximum atomic E-state index is 13.5. The van der Waals surface area contributed by atoms with Crippen molar-refractivity contribution in [2.24, 2.45) is 0 Å². The van der Waals surface area contributed by atoms with Crippen molar-refractivity contribution in [3.63, 3.8) is 0 Å². The summed E-state index contributed by atoms with van der Waals surface area (Å²) in [4.78, 5) is 0.921. The third-order valence-electron chi connectivity index (χ3n) is 2.29. The minimum atomic E-state index is -0.572. The van der Waals surface area contributed by atoms with E-state index in [4.69, 9.17) is 5.26 Å². The molecule has 0 aromatic heterocycles. The molecule has 0 radical (unpaired) electrons. The highest BCUT2D eigenvalue weighted by molar-refractivity contribution is 5.67. The monoisotopic (exact) mass is 230 g/mol. The molecule has 0 saturated carbocycles. The number of nitrogens with zero attached hydrogens (tertiary/aromatic N) is 2. The summed E-state index contributed by atoms with van der Waals surface area (Å²) >= 11 is 0. The molecule has 0 amide bonds. The Kier molecular flexibility index (Phi) is 3.01. The maximum Gasteiger partial charge on any atom is 0.189 e. The fourth-order valence-corrected chi connectivity index (χ4v) is 1.50. The van der Waals surface area contributed by atoms with E-state index >= 15 is 0 Å². The van der Waals surface area contributed by atoms with E-state index in [9.17, 15) is 8.78 Å². The van der Waals surface area contributed by atoms with Gasteiger partial charge in [-0.2, -0.15) is 5.26 Å². The fourth-order valence-electron chi connectivity index (χ4n) is 1.50. The molecule has 0 fully saturated rings. The van der Waals surface area contributed by atoms with Gasteiger partial charge in [0.2, 0.25) is 0 Å². The first kappa shape index (κ1) is 11.1. The summed E-state index contributed by atoms with van der Waals surface area (Å²) < 4.78 is 27.1. The molecule has 17 heavy (non-hydrogen) atoms.